The van der Waals surface area contributed by atoms with E-state index in [2.05, 4.69) is 5.32 Å². The Hall–Kier alpha value is -2.87. The van der Waals surface area contributed by atoms with Crippen LogP contribution in [0.25, 0.3) is 0 Å². The van der Waals surface area contributed by atoms with E-state index in [9.17, 15) is 18.0 Å². The highest BCUT2D eigenvalue weighted by molar-refractivity contribution is 7.91. The van der Waals surface area contributed by atoms with Crippen molar-refractivity contribution in [2.45, 2.75) is 18.2 Å². The maximum absolute atomic E-state index is 12.6. The van der Waals surface area contributed by atoms with Crippen LogP contribution in [0.2, 0.25) is 0 Å². The van der Waals surface area contributed by atoms with Gasteiger partial charge in [0, 0.05) is 6.42 Å². The lowest BCUT2D eigenvalue weighted by atomic mass is 10.2. The van der Waals surface area contributed by atoms with Gasteiger partial charge in [0.25, 0.3) is 0 Å². The van der Waals surface area contributed by atoms with E-state index in [1.165, 1.54) is 17.0 Å². The van der Waals surface area contributed by atoms with Crippen molar-refractivity contribution in [3.63, 3.8) is 0 Å². The van der Waals surface area contributed by atoms with Crippen molar-refractivity contribution in [1.29, 1.82) is 0 Å². The molecule has 0 fully saturated rings. The van der Waals surface area contributed by atoms with Crippen LogP contribution >= 0.6 is 0 Å². The minimum atomic E-state index is -3.57. The van der Waals surface area contributed by atoms with Gasteiger partial charge in [0.05, 0.1) is 28.6 Å². The molecule has 8 heteroatoms. The molecule has 0 radical (unpaired) electrons. The molecule has 0 spiro atoms. The second-order valence-electron chi connectivity index (χ2n) is 5.99. The zero-order valence-corrected chi connectivity index (χ0v) is 15.7. The zero-order chi connectivity index (χ0) is 19.4. The lowest BCUT2D eigenvalue weighted by Crippen LogP contribution is -2.38. The molecule has 1 aliphatic rings. The first-order chi connectivity index (χ1) is 12.9. The number of nitrogens with one attached hydrogen (secondary N) is 1. The highest BCUT2D eigenvalue weighted by Crippen LogP contribution is 2.30. The third-order valence-electron chi connectivity index (χ3n) is 4.14. The van der Waals surface area contributed by atoms with Gasteiger partial charge in [-0.25, -0.2) is 8.42 Å². The summed E-state index contributed by atoms with van der Waals surface area (Å²) in [5, 5.41) is 2.73. The second kappa shape index (κ2) is 7.79. The Labute approximate surface area is 157 Å². The fourth-order valence-corrected chi connectivity index (χ4v) is 4.35. The summed E-state index contributed by atoms with van der Waals surface area (Å²) in [4.78, 5) is 26.3. The van der Waals surface area contributed by atoms with Crippen molar-refractivity contribution in [1.82, 2.24) is 0 Å². The average molecular weight is 388 g/mol. The van der Waals surface area contributed by atoms with E-state index < -0.39 is 21.7 Å². The van der Waals surface area contributed by atoms with Crippen LogP contribution in [0.5, 0.6) is 5.75 Å². The van der Waals surface area contributed by atoms with Gasteiger partial charge in [0.1, 0.15) is 12.3 Å². The van der Waals surface area contributed by atoms with Gasteiger partial charge in [-0.3, -0.25) is 9.59 Å². The highest BCUT2D eigenvalue weighted by atomic mass is 32.2. The van der Waals surface area contributed by atoms with E-state index in [0.29, 0.717) is 18.0 Å². The Morgan fingerprint density at radius 1 is 1.15 bits per heavy atom. The fraction of sp³-hybridized carbons (Fsp3) is 0.263. The normalized spacial score (nSPS) is 15.6. The van der Waals surface area contributed by atoms with E-state index in [4.69, 9.17) is 4.74 Å². The van der Waals surface area contributed by atoms with Crippen LogP contribution in [0.4, 0.5) is 11.4 Å². The Bertz CT molecular complexity index is 972. The predicted octanol–water partition coefficient (Wildman–Crippen LogP) is 2.23. The summed E-state index contributed by atoms with van der Waals surface area (Å²) >= 11 is 0. The largest absolute Gasteiger partial charge is 0.492 e. The Morgan fingerprint density at radius 3 is 2.63 bits per heavy atom. The number of sulfone groups is 1. The van der Waals surface area contributed by atoms with E-state index in [0.717, 1.165) is 0 Å². The summed E-state index contributed by atoms with van der Waals surface area (Å²) in [7, 11) is -3.57. The second-order valence-corrected chi connectivity index (χ2v) is 8.07. The molecule has 0 aromatic heterocycles. The number of carbonyl (C=O) groups is 2. The predicted molar refractivity (Wildman–Crippen MR) is 102 cm³/mol. The zero-order valence-electron chi connectivity index (χ0n) is 14.8. The molecule has 0 bridgehead atoms. The smallest absolute Gasteiger partial charge is 0.244 e. The number of anilines is 2. The van der Waals surface area contributed by atoms with Gasteiger partial charge in [-0.2, -0.15) is 0 Å². The van der Waals surface area contributed by atoms with E-state index >= 15 is 0 Å². The number of ether oxygens (including phenoxy) is 1. The van der Waals surface area contributed by atoms with Gasteiger partial charge in [0.15, 0.2) is 9.84 Å². The number of benzene rings is 2. The molecule has 142 valence electrons. The molecule has 2 aromatic carbocycles. The minimum absolute atomic E-state index is 0.0679. The molecule has 27 heavy (non-hydrogen) atoms. The molecule has 3 rings (SSSR count). The quantitative estimate of drug-likeness (QED) is 0.848. The lowest BCUT2D eigenvalue weighted by Gasteiger charge is -2.22. The van der Waals surface area contributed by atoms with Gasteiger partial charge in [-0.1, -0.05) is 24.3 Å². The van der Waals surface area contributed by atoms with Crippen molar-refractivity contribution in [2.75, 3.05) is 29.1 Å². The van der Waals surface area contributed by atoms with Gasteiger partial charge in [-0.15, -0.1) is 0 Å². The number of rotatable bonds is 5. The first-order valence-electron chi connectivity index (χ1n) is 8.56. The Balaban J connectivity index is 1.86. The molecule has 1 aliphatic heterocycles. The molecule has 7 nitrogen and oxygen atoms in total. The molecule has 1 heterocycles. The van der Waals surface area contributed by atoms with E-state index in [1.807, 2.05) is 6.92 Å². The molecule has 2 aromatic rings. The average Bonchev–Trinajstić information content (AvgIpc) is 2.74. The minimum Gasteiger partial charge on any atom is -0.492 e. The fourth-order valence-electron chi connectivity index (χ4n) is 2.90. The molecule has 0 atom stereocenters. The monoisotopic (exact) mass is 388 g/mol. The number of hydrogen-bond acceptors (Lipinski definition) is 5. The first kappa shape index (κ1) is 18.9. The summed E-state index contributed by atoms with van der Waals surface area (Å²) in [6.07, 6.45) is -0.167. The van der Waals surface area contributed by atoms with Crippen molar-refractivity contribution < 1.29 is 22.7 Å². The summed E-state index contributed by atoms with van der Waals surface area (Å²) in [6, 6.07) is 13.2. The van der Waals surface area contributed by atoms with Gasteiger partial charge >= 0.3 is 0 Å². The lowest BCUT2D eigenvalue weighted by molar-refractivity contribution is -0.121. The van der Waals surface area contributed by atoms with Crippen molar-refractivity contribution >= 4 is 33.0 Å². The number of fused-ring (bicyclic) bond motifs is 1. The molecule has 0 aliphatic carbocycles. The van der Waals surface area contributed by atoms with Crippen LogP contribution in [-0.2, 0) is 19.4 Å². The molecule has 0 saturated heterocycles. The number of amides is 2. The highest BCUT2D eigenvalue weighted by Gasteiger charge is 2.31. The molecular weight excluding hydrogens is 368 g/mol. The third-order valence-corrected chi connectivity index (χ3v) is 5.90. The van der Waals surface area contributed by atoms with Crippen molar-refractivity contribution in [3.05, 3.63) is 48.5 Å². The molecule has 2 amide bonds. The van der Waals surface area contributed by atoms with Crippen LogP contribution < -0.4 is 15.0 Å². The van der Waals surface area contributed by atoms with Crippen LogP contribution in [-0.4, -0.2) is 39.1 Å². The van der Waals surface area contributed by atoms with E-state index in [-0.39, 0.29) is 29.3 Å². The summed E-state index contributed by atoms with van der Waals surface area (Å²) < 4.78 is 30.2. The molecule has 1 N–H and O–H groups in total. The van der Waals surface area contributed by atoms with Crippen molar-refractivity contribution in [3.8, 4) is 5.75 Å². The summed E-state index contributed by atoms with van der Waals surface area (Å²) in [6.45, 7) is 2.00. The number of hydrogen-bond donors (Lipinski definition) is 1. The first-order valence-corrected chi connectivity index (χ1v) is 10.2. The van der Waals surface area contributed by atoms with Gasteiger partial charge in [-0.05, 0) is 31.2 Å². The topological polar surface area (TPSA) is 92.8 Å². The van der Waals surface area contributed by atoms with Crippen LogP contribution in [0.3, 0.4) is 0 Å². The molecule has 0 unspecified atom stereocenters. The number of carbonyl (C=O) groups excluding carboxylic acids is 2. The maximum atomic E-state index is 12.6. The SMILES string of the molecule is CCOc1ccccc1NC(=O)CN1C(=O)CCS(=O)(=O)c2ccccc21. The molecule has 0 saturated carbocycles. The van der Waals surface area contributed by atoms with Crippen LogP contribution in [0.15, 0.2) is 53.4 Å². The van der Waals surface area contributed by atoms with Crippen LogP contribution in [0.1, 0.15) is 13.3 Å². The van der Waals surface area contributed by atoms with Crippen molar-refractivity contribution in [2.24, 2.45) is 0 Å². The maximum Gasteiger partial charge on any atom is 0.244 e. The summed E-state index contributed by atoms with van der Waals surface area (Å²) in [5.74, 6) is -0.589. The Morgan fingerprint density at radius 2 is 1.85 bits per heavy atom. The van der Waals surface area contributed by atoms with Gasteiger partial charge < -0.3 is 15.0 Å². The van der Waals surface area contributed by atoms with E-state index in [1.54, 1.807) is 36.4 Å². The third kappa shape index (κ3) is 4.11. The number of nitrogens with zero attached hydrogens (tertiary/aromatic N) is 1. The summed E-state index contributed by atoms with van der Waals surface area (Å²) in [5.41, 5.74) is 0.723. The number of para-hydroxylation sites is 3. The van der Waals surface area contributed by atoms with Crippen LogP contribution in [0, 0.1) is 0 Å². The molecular formula is C19H20N2O5S. The standard InChI is InChI=1S/C19H20N2O5S/c1-2-26-16-9-5-3-7-14(16)20-18(22)13-21-15-8-4-6-10-17(15)27(24,25)12-11-19(21)23/h3-10H,2,11-13H2,1H3,(H,20,22). The Kier molecular flexibility index (Phi) is 5.46. The van der Waals surface area contributed by atoms with Gasteiger partial charge in [0.2, 0.25) is 11.8 Å².